The average molecular weight is 411 g/mol. The van der Waals surface area contributed by atoms with Crippen molar-refractivity contribution in [3.8, 4) is 0 Å². The number of hydrogen-bond acceptors (Lipinski definition) is 6. The second-order valence-corrected chi connectivity index (χ2v) is 7.82. The van der Waals surface area contributed by atoms with Gasteiger partial charge in [-0.15, -0.1) is 11.3 Å². The first-order valence-electron chi connectivity index (χ1n) is 9.61. The maximum atomic E-state index is 12.6. The molecule has 1 amide bonds. The predicted octanol–water partition coefficient (Wildman–Crippen LogP) is 3.54. The zero-order valence-electron chi connectivity index (χ0n) is 16.0. The standard InChI is InChI=1S/C21H21N3O4S/c1-2-28-21(27)19-15(13-7-8-13)12-29-20(19)23-18(26)9-10-24-16-6-4-3-5-14(16)17(25)11-22-24/h3-6,11-13H,2,7-10H2,1H3,(H,23,26). The van der Waals surface area contributed by atoms with Crippen molar-refractivity contribution in [2.24, 2.45) is 0 Å². The monoisotopic (exact) mass is 411 g/mol. The quantitative estimate of drug-likeness (QED) is 0.601. The van der Waals surface area contributed by atoms with Gasteiger partial charge in [-0.05, 0) is 48.8 Å². The largest absolute Gasteiger partial charge is 0.462 e. The number of ether oxygens (including phenoxy) is 1. The molecule has 0 saturated heterocycles. The fourth-order valence-electron chi connectivity index (χ4n) is 3.31. The van der Waals surface area contributed by atoms with Crippen molar-refractivity contribution in [1.29, 1.82) is 0 Å². The van der Waals surface area contributed by atoms with Gasteiger partial charge in [-0.2, -0.15) is 5.10 Å². The number of amides is 1. The fourth-order valence-corrected chi connectivity index (χ4v) is 4.35. The SMILES string of the molecule is CCOC(=O)c1c(C2CC2)csc1NC(=O)CCn1ncc(=O)c2ccccc21. The van der Waals surface area contributed by atoms with Crippen LogP contribution in [0.25, 0.3) is 10.9 Å². The highest BCUT2D eigenvalue weighted by atomic mass is 32.1. The summed E-state index contributed by atoms with van der Waals surface area (Å²) >= 11 is 1.36. The van der Waals surface area contributed by atoms with Gasteiger partial charge in [0, 0.05) is 11.8 Å². The molecule has 2 heterocycles. The average Bonchev–Trinajstić information content (AvgIpc) is 3.48. The minimum Gasteiger partial charge on any atom is -0.462 e. The zero-order chi connectivity index (χ0) is 20.4. The van der Waals surface area contributed by atoms with Gasteiger partial charge in [-0.3, -0.25) is 14.3 Å². The summed E-state index contributed by atoms with van der Waals surface area (Å²) in [6.45, 7) is 2.38. The molecule has 1 fully saturated rings. The van der Waals surface area contributed by atoms with Crippen LogP contribution >= 0.6 is 11.3 Å². The Morgan fingerprint density at radius 1 is 1.31 bits per heavy atom. The lowest BCUT2D eigenvalue weighted by Gasteiger charge is -2.10. The number of rotatable bonds is 7. The van der Waals surface area contributed by atoms with Crippen molar-refractivity contribution in [1.82, 2.24) is 9.78 Å². The van der Waals surface area contributed by atoms with Crippen molar-refractivity contribution >= 4 is 39.1 Å². The van der Waals surface area contributed by atoms with Crippen molar-refractivity contribution in [2.45, 2.75) is 38.6 Å². The number of hydrogen-bond donors (Lipinski definition) is 1. The van der Waals surface area contributed by atoms with Gasteiger partial charge in [0.2, 0.25) is 11.3 Å². The van der Waals surface area contributed by atoms with Gasteiger partial charge in [-0.1, -0.05) is 12.1 Å². The molecule has 7 nitrogen and oxygen atoms in total. The summed E-state index contributed by atoms with van der Waals surface area (Å²) in [7, 11) is 0. The first kappa shape index (κ1) is 19.3. The third-order valence-corrected chi connectivity index (χ3v) is 5.80. The number of aromatic nitrogens is 2. The van der Waals surface area contributed by atoms with Crippen LogP contribution in [0.1, 0.15) is 48.0 Å². The van der Waals surface area contributed by atoms with Crippen LogP contribution < -0.4 is 10.7 Å². The normalized spacial score (nSPS) is 13.4. The third-order valence-electron chi connectivity index (χ3n) is 4.88. The van der Waals surface area contributed by atoms with E-state index in [1.54, 1.807) is 23.7 Å². The molecule has 1 N–H and O–H groups in total. The lowest BCUT2D eigenvalue weighted by molar-refractivity contribution is -0.116. The Balaban J connectivity index is 1.49. The molecule has 0 bridgehead atoms. The molecule has 2 aromatic heterocycles. The van der Waals surface area contributed by atoms with E-state index in [0.29, 0.717) is 33.9 Å². The van der Waals surface area contributed by atoms with E-state index in [1.165, 1.54) is 17.5 Å². The van der Waals surface area contributed by atoms with Crippen LogP contribution in [0.2, 0.25) is 0 Å². The highest BCUT2D eigenvalue weighted by Crippen LogP contribution is 2.46. The molecule has 1 aliphatic rings. The molecule has 0 unspecified atom stereocenters. The minimum atomic E-state index is -0.390. The van der Waals surface area contributed by atoms with E-state index < -0.39 is 0 Å². The van der Waals surface area contributed by atoms with E-state index in [9.17, 15) is 14.4 Å². The van der Waals surface area contributed by atoms with E-state index in [2.05, 4.69) is 10.4 Å². The second-order valence-electron chi connectivity index (χ2n) is 6.94. The number of nitrogens with zero attached hydrogens (tertiary/aromatic N) is 2. The van der Waals surface area contributed by atoms with Crippen LogP contribution in [0, 0.1) is 0 Å². The second kappa shape index (κ2) is 8.16. The molecular weight excluding hydrogens is 390 g/mol. The van der Waals surface area contributed by atoms with Crippen molar-refractivity contribution < 1.29 is 14.3 Å². The summed E-state index contributed by atoms with van der Waals surface area (Å²) in [5.74, 6) is -0.226. The van der Waals surface area contributed by atoms with Crippen LogP contribution in [0.15, 0.2) is 40.6 Å². The van der Waals surface area contributed by atoms with Gasteiger partial charge in [-0.25, -0.2) is 4.79 Å². The number of thiophene rings is 1. The van der Waals surface area contributed by atoms with E-state index >= 15 is 0 Å². The highest BCUT2D eigenvalue weighted by molar-refractivity contribution is 7.15. The summed E-state index contributed by atoms with van der Waals surface area (Å²) in [6, 6.07) is 7.18. The number of benzene rings is 1. The van der Waals surface area contributed by atoms with Gasteiger partial charge >= 0.3 is 5.97 Å². The molecule has 0 radical (unpaired) electrons. The van der Waals surface area contributed by atoms with Crippen molar-refractivity contribution in [3.05, 3.63) is 57.2 Å². The molecule has 1 aliphatic carbocycles. The molecule has 150 valence electrons. The Morgan fingerprint density at radius 2 is 2.10 bits per heavy atom. The number of esters is 1. The van der Waals surface area contributed by atoms with Gasteiger partial charge in [0.05, 0.1) is 30.4 Å². The number of carbonyl (C=O) groups excluding carboxylic acids is 2. The number of para-hydroxylation sites is 1. The Kier molecular flexibility index (Phi) is 5.44. The molecule has 8 heteroatoms. The van der Waals surface area contributed by atoms with Crippen LogP contribution in [0.4, 0.5) is 5.00 Å². The maximum absolute atomic E-state index is 12.6. The van der Waals surface area contributed by atoms with Gasteiger partial charge in [0.15, 0.2) is 0 Å². The van der Waals surface area contributed by atoms with Crippen molar-refractivity contribution in [2.75, 3.05) is 11.9 Å². The van der Waals surface area contributed by atoms with E-state index in [0.717, 1.165) is 18.4 Å². The Bertz CT molecular complexity index is 1130. The Hall–Kier alpha value is -3.00. The summed E-state index contributed by atoms with van der Waals surface area (Å²) in [4.78, 5) is 36.9. The number of carbonyl (C=O) groups is 2. The first-order valence-corrected chi connectivity index (χ1v) is 10.5. The number of nitrogens with one attached hydrogen (secondary N) is 1. The fraction of sp³-hybridized carbons (Fsp3) is 0.333. The third kappa shape index (κ3) is 4.07. The Labute approximate surface area is 171 Å². The van der Waals surface area contributed by atoms with E-state index in [-0.39, 0.29) is 30.3 Å². The molecule has 0 atom stereocenters. The molecule has 29 heavy (non-hydrogen) atoms. The predicted molar refractivity (Wildman–Crippen MR) is 112 cm³/mol. The lowest BCUT2D eigenvalue weighted by Crippen LogP contribution is -2.19. The molecule has 1 aromatic carbocycles. The van der Waals surface area contributed by atoms with Crippen LogP contribution in [-0.2, 0) is 16.1 Å². The number of anilines is 1. The summed E-state index contributed by atoms with van der Waals surface area (Å²) in [5, 5.41) is 10.0. The molecule has 4 rings (SSSR count). The van der Waals surface area contributed by atoms with Gasteiger partial charge in [0.1, 0.15) is 5.00 Å². The molecule has 1 saturated carbocycles. The van der Waals surface area contributed by atoms with Crippen molar-refractivity contribution in [3.63, 3.8) is 0 Å². The van der Waals surface area contributed by atoms with E-state index in [1.807, 2.05) is 17.5 Å². The zero-order valence-corrected chi connectivity index (χ0v) is 16.8. The smallest absolute Gasteiger partial charge is 0.341 e. The molecule has 0 spiro atoms. The van der Waals surface area contributed by atoms with Crippen LogP contribution in [0.5, 0.6) is 0 Å². The molecular formula is C21H21N3O4S. The lowest BCUT2D eigenvalue weighted by atomic mass is 10.1. The highest BCUT2D eigenvalue weighted by Gasteiger charge is 2.32. The summed E-state index contributed by atoms with van der Waals surface area (Å²) in [6.07, 6.45) is 3.54. The summed E-state index contributed by atoms with van der Waals surface area (Å²) in [5.41, 5.74) is 2.00. The summed E-state index contributed by atoms with van der Waals surface area (Å²) < 4.78 is 6.83. The molecule has 0 aliphatic heterocycles. The maximum Gasteiger partial charge on any atom is 0.341 e. The minimum absolute atomic E-state index is 0.147. The first-order chi connectivity index (χ1) is 14.1. The van der Waals surface area contributed by atoms with Gasteiger partial charge in [0.25, 0.3) is 0 Å². The van der Waals surface area contributed by atoms with Gasteiger partial charge < -0.3 is 10.1 Å². The topological polar surface area (TPSA) is 90.3 Å². The Morgan fingerprint density at radius 3 is 2.86 bits per heavy atom. The van der Waals surface area contributed by atoms with Crippen LogP contribution in [0.3, 0.4) is 0 Å². The number of fused-ring (bicyclic) bond motifs is 1. The molecule has 3 aromatic rings. The van der Waals surface area contributed by atoms with E-state index in [4.69, 9.17) is 4.74 Å². The number of aryl methyl sites for hydroxylation is 1. The van der Waals surface area contributed by atoms with Crippen LogP contribution in [-0.4, -0.2) is 28.3 Å².